The Labute approximate surface area is 169 Å². The molecule has 2 aliphatic heterocycles. The van der Waals surface area contributed by atoms with Crippen LogP contribution in [0.25, 0.3) is 5.69 Å². The summed E-state index contributed by atoms with van der Waals surface area (Å²) in [5.74, 6) is -0.543. The molecule has 0 spiro atoms. The van der Waals surface area contributed by atoms with Gasteiger partial charge in [0, 0.05) is 27.2 Å². The summed E-state index contributed by atoms with van der Waals surface area (Å²) >= 11 is 0. The molecule has 0 N–H and O–H groups in total. The molecule has 0 unspecified atom stereocenters. The molecule has 154 valence electrons. The number of sulfonamides is 1. The maximum Gasteiger partial charge on any atom is 0.274 e. The van der Waals surface area contributed by atoms with Gasteiger partial charge >= 0.3 is 0 Å². The normalized spacial score (nSPS) is 18.1. The molecule has 1 aromatic heterocycles. The highest BCUT2D eigenvalue weighted by Crippen LogP contribution is 2.31. The van der Waals surface area contributed by atoms with E-state index in [1.54, 1.807) is 41.8 Å². The minimum atomic E-state index is -3.93. The van der Waals surface area contributed by atoms with Crippen molar-refractivity contribution in [3.05, 3.63) is 42.0 Å². The molecule has 2 aromatic rings. The molecule has 1 fully saturated rings. The Bertz CT molecular complexity index is 1070. The highest BCUT2D eigenvalue weighted by atomic mass is 32.2. The molecule has 0 aliphatic carbocycles. The first-order valence-corrected chi connectivity index (χ1v) is 10.9. The minimum Gasteiger partial charge on any atom is -0.348 e. The van der Waals surface area contributed by atoms with E-state index in [1.165, 1.54) is 17.3 Å². The van der Waals surface area contributed by atoms with Gasteiger partial charge in [0.2, 0.25) is 15.9 Å². The first-order chi connectivity index (χ1) is 13.8. The highest BCUT2D eigenvalue weighted by Gasteiger charge is 2.37. The van der Waals surface area contributed by atoms with Gasteiger partial charge in [-0.25, -0.2) is 13.4 Å². The van der Waals surface area contributed by atoms with Crippen molar-refractivity contribution in [1.82, 2.24) is 23.7 Å². The molecule has 4 rings (SSSR count). The van der Waals surface area contributed by atoms with Gasteiger partial charge in [0.1, 0.15) is 11.2 Å². The number of imidazole rings is 1. The minimum absolute atomic E-state index is 0.0860. The quantitative estimate of drug-likeness (QED) is 0.733. The Kier molecular flexibility index (Phi) is 4.91. The second kappa shape index (κ2) is 7.27. The van der Waals surface area contributed by atoms with E-state index in [2.05, 4.69) is 4.98 Å². The SMILES string of the molecule is CN(C)C(=O)CN1Cc2c(C(=O)N3CCCC3)ncn2-c2ccccc2S1(=O)=O. The molecule has 0 atom stereocenters. The number of benzene rings is 1. The maximum atomic E-state index is 13.3. The van der Waals surface area contributed by atoms with Crippen LogP contribution in [0.3, 0.4) is 0 Å². The van der Waals surface area contributed by atoms with Crippen LogP contribution in [0.1, 0.15) is 29.0 Å². The lowest BCUT2D eigenvalue weighted by atomic mass is 10.2. The van der Waals surface area contributed by atoms with Crippen molar-refractivity contribution in [2.45, 2.75) is 24.3 Å². The summed E-state index contributed by atoms with van der Waals surface area (Å²) in [6.45, 7) is 0.920. The Hall–Kier alpha value is -2.72. The molecule has 10 heteroatoms. The van der Waals surface area contributed by atoms with E-state index in [-0.39, 0.29) is 35.5 Å². The summed E-state index contributed by atoms with van der Waals surface area (Å²) in [7, 11) is -0.781. The smallest absolute Gasteiger partial charge is 0.274 e. The van der Waals surface area contributed by atoms with Gasteiger partial charge in [-0.2, -0.15) is 4.31 Å². The monoisotopic (exact) mass is 417 g/mol. The van der Waals surface area contributed by atoms with E-state index in [4.69, 9.17) is 0 Å². The number of hydrogen-bond donors (Lipinski definition) is 0. The number of likely N-dealkylation sites (N-methyl/N-ethyl adjacent to an activating group) is 1. The Morgan fingerprint density at radius 2 is 1.83 bits per heavy atom. The van der Waals surface area contributed by atoms with Gasteiger partial charge in [-0.15, -0.1) is 0 Å². The molecule has 1 aromatic carbocycles. The number of aromatic nitrogens is 2. The molecule has 0 radical (unpaired) electrons. The van der Waals surface area contributed by atoms with Crippen LogP contribution in [0, 0.1) is 0 Å². The summed E-state index contributed by atoms with van der Waals surface area (Å²) < 4.78 is 29.4. The van der Waals surface area contributed by atoms with Crippen LogP contribution < -0.4 is 0 Å². The highest BCUT2D eigenvalue weighted by molar-refractivity contribution is 7.89. The third-order valence-electron chi connectivity index (χ3n) is 5.34. The first-order valence-electron chi connectivity index (χ1n) is 9.46. The fourth-order valence-electron chi connectivity index (χ4n) is 3.68. The lowest BCUT2D eigenvalue weighted by Crippen LogP contribution is -2.40. The fourth-order valence-corrected chi connectivity index (χ4v) is 5.21. The maximum absolute atomic E-state index is 13.3. The average Bonchev–Trinajstić information content (AvgIpc) is 3.35. The molecule has 3 heterocycles. The number of fused-ring (bicyclic) bond motifs is 3. The molecular formula is C19H23N5O4S. The van der Waals surface area contributed by atoms with Crippen molar-refractivity contribution in [2.24, 2.45) is 0 Å². The number of para-hydroxylation sites is 1. The second-order valence-electron chi connectivity index (χ2n) is 7.44. The molecule has 2 amide bonds. The van der Waals surface area contributed by atoms with Gasteiger partial charge in [-0.05, 0) is 25.0 Å². The van der Waals surface area contributed by atoms with Crippen LogP contribution in [-0.4, -0.2) is 77.6 Å². The standard InChI is InChI=1S/C19H23N5O4S/c1-21(2)17(25)12-23-11-15-18(19(26)22-9-5-6-10-22)20-13-24(15)14-7-3-4-8-16(14)29(23,27)28/h3-4,7-8,13H,5-6,9-12H2,1-2H3. The van der Waals surface area contributed by atoms with E-state index in [0.29, 0.717) is 24.5 Å². The van der Waals surface area contributed by atoms with Crippen molar-refractivity contribution >= 4 is 21.8 Å². The molecule has 0 saturated carbocycles. The predicted octanol–water partition coefficient (Wildman–Crippen LogP) is 0.701. The lowest BCUT2D eigenvalue weighted by Gasteiger charge is -2.22. The van der Waals surface area contributed by atoms with Crippen molar-refractivity contribution in [2.75, 3.05) is 33.7 Å². The lowest BCUT2D eigenvalue weighted by molar-refractivity contribution is -0.128. The Balaban J connectivity index is 1.84. The molecule has 9 nitrogen and oxygen atoms in total. The zero-order valence-corrected chi connectivity index (χ0v) is 17.2. The van der Waals surface area contributed by atoms with Crippen LogP contribution in [0.5, 0.6) is 0 Å². The van der Waals surface area contributed by atoms with Crippen molar-refractivity contribution in [3.8, 4) is 5.69 Å². The third-order valence-corrected chi connectivity index (χ3v) is 7.18. The number of likely N-dealkylation sites (tertiary alicyclic amines) is 1. The number of nitrogens with zero attached hydrogens (tertiary/aromatic N) is 5. The topological polar surface area (TPSA) is 95.8 Å². The van der Waals surface area contributed by atoms with Crippen LogP contribution in [0.2, 0.25) is 0 Å². The van der Waals surface area contributed by atoms with E-state index in [9.17, 15) is 18.0 Å². The predicted molar refractivity (Wildman–Crippen MR) is 105 cm³/mol. The van der Waals surface area contributed by atoms with Gasteiger partial charge < -0.3 is 9.80 Å². The van der Waals surface area contributed by atoms with Crippen molar-refractivity contribution in [3.63, 3.8) is 0 Å². The van der Waals surface area contributed by atoms with E-state index < -0.39 is 10.0 Å². The first kappa shape index (κ1) is 19.6. The number of rotatable bonds is 3. The van der Waals surface area contributed by atoms with Crippen LogP contribution in [0.4, 0.5) is 0 Å². The van der Waals surface area contributed by atoms with Crippen molar-refractivity contribution in [1.29, 1.82) is 0 Å². The number of hydrogen-bond acceptors (Lipinski definition) is 5. The van der Waals surface area contributed by atoms with Gasteiger partial charge in [0.15, 0.2) is 5.69 Å². The van der Waals surface area contributed by atoms with Gasteiger partial charge in [0.05, 0.1) is 24.5 Å². The zero-order valence-electron chi connectivity index (χ0n) is 16.4. The third kappa shape index (κ3) is 3.32. The molecule has 0 bridgehead atoms. The summed E-state index contributed by atoms with van der Waals surface area (Å²) in [5, 5.41) is 0. The Morgan fingerprint density at radius 1 is 1.14 bits per heavy atom. The Morgan fingerprint density at radius 3 is 2.52 bits per heavy atom. The second-order valence-corrected chi connectivity index (χ2v) is 9.34. The largest absolute Gasteiger partial charge is 0.348 e. The molecular weight excluding hydrogens is 394 g/mol. The van der Waals surface area contributed by atoms with Gasteiger partial charge in [-0.3, -0.25) is 14.2 Å². The molecule has 29 heavy (non-hydrogen) atoms. The number of carbonyl (C=O) groups excluding carboxylic acids is 2. The van der Waals surface area contributed by atoms with E-state index in [1.807, 2.05) is 0 Å². The van der Waals surface area contributed by atoms with Crippen LogP contribution in [-0.2, 0) is 21.4 Å². The van der Waals surface area contributed by atoms with Crippen molar-refractivity contribution < 1.29 is 18.0 Å². The van der Waals surface area contributed by atoms with E-state index in [0.717, 1.165) is 17.1 Å². The summed E-state index contributed by atoms with van der Waals surface area (Å²) in [6.07, 6.45) is 3.38. The molecule has 1 saturated heterocycles. The van der Waals surface area contributed by atoms with E-state index >= 15 is 0 Å². The number of amides is 2. The zero-order chi connectivity index (χ0) is 20.8. The van der Waals surface area contributed by atoms with Gasteiger partial charge in [0.25, 0.3) is 5.91 Å². The fraction of sp³-hybridized carbons (Fsp3) is 0.421. The summed E-state index contributed by atoms with van der Waals surface area (Å²) in [4.78, 5) is 32.8. The molecule has 2 aliphatic rings. The van der Waals surface area contributed by atoms with Crippen LogP contribution >= 0.6 is 0 Å². The summed E-state index contributed by atoms with van der Waals surface area (Å²) in [5.41, 5.74) is 1.14. The average molecular weight is 417 g/mol. The van der Waals surface area contributed by atoms with Crippen LogP contribution in [0.15, 0.2) is 35.5 Å². The summed E-state index contributed by atoms with van der Waals surface area (Å²) in [6, 6.07) is 6.57. The van der Waals surface area contributed by atoms with Gasteiger partial charge in [-0.1, -0.05) is 12.1 Å². The number of carbonyl (C=O) groups is 2.